The molecule has 2 aliphatic rings. The summed E-state index contributed by atoms with van der Waals surface area (Å²) >= 11 is 13.4. The number of anilines is 2. The number of methoxy groups -OCH3 is 2. The Bertz CT molecular complexity index is 1370. The molecule has 11 heteroatoms. The van der Waals surface area contributed by atoms with Gasteiger partial charge in [0, 0.05) is 31.0 Å². The lowest BCUT2D eigenvalue weighted by Gasteiger charge is -2.32. The van der Waals surface area contributed by atoms with Crippen molar-refractivity contribution in [2.24, 2.45) is 11.8 Å². The summed E-state index contributed by atoms with van der Waals surface area (Å²) in [6.07, 6.45) is 6.66. The van der Waals surface area contributed by atoms with E-state index in [-0.39, 0.29) is 17.7 Å². The Labute approximate surface area is 237 Å². The van der Waals surface area contributed by atoms with E-state index in [2.05, 4.69) is 22.2 Å². The number of fused-ring (bicyclic) bond motifs is 1. The van der Waals surface area contributed by atoms with E-state index in [1.54, 1.807) is 12.3 Å². The highest BCUT2D eigenvalue weighted by atomic mass is 35.5. The topological polar surface area (TPSA) is 107 Å². The summed E-state index contributed by atoms with van der Waals surface area (Å²) in [6.45, 7) is 5.52. The predicted molar refractivity (Wildman–Crippen MR) is 153 cm³/mol. The predicted octanol–water partition coefficient (Wildman–Crippen LogP) is 5.80. The largest absolute Gasteiger partial charge is 0.495 e. The van der Waals surface area contributed by atoms with Crippen LogP contribution < -0.4 is 20.1 Å². The zero-order valence-corrected chi connectivity index (χ0v) is 23.4. The van der Waals surface area contributed by atoms with Crippen molar-refractivity contribution in [3.05, 3.63) is 41.0 Å². The molecule has 0 amide bonds. The first kappa shape index (κ1) is 27.4. The smallest absolute Gasteiger partial charge is 0.165 e. The van der Waals surface area contributed by atoms with Crippen molar-refractivity contribution in [3.63, 3.8) is 0 Å². The van der Waals surface area contributed by atoms with Crippen LogP contribution in [0.4, 0.5) is 11.6 Å². The number of allylic oxidation sites excluding steroid dienone is 1. The Morgan fingerprint density at radius 1 is 1.15 bits per heavy atom. The molecule has 0 unspecified atom stereocenters. The van der Waals surface area contributed by atoms with Crippen molar-refractivity contribution in [1.29, 1.82) is 0 Å². The molecule has 2 fully saturated rings. The summed E-state index contributed by atoms with van der Waals surface area (Å²) in [5.74, 6) is 3.21. The minimum absolute atomic E-state index is 0.0270. The molecule has 1 saturated heterocycles. The summed E-state index contributed by atoms with van der Waals surface area (Å²) in [5, 5.41) is 8.35. The Hall–Kier alpha value is -3.14. The van der Waals surface area contributed by atoms with E-state index in [0.717, 1.165) is 18.4 Å². The van der Waals surface area contributed by atoms with Gasteiger partial charge in [0.2, 0.25) is 0 Å². The highest BCUT2D eigenvalue weighted by molar-refractivity contribution is 6.41. The van der Waals surface area contributed by atoms with Gasteiger partial charge in [-0.1, -0.05) is 29.8 Å². The van der Waals surface area contributed by atoms with Gasteiger partial charge in [0.05, 0.1) is 54.2 Å². The number of carbonyl (C=O) groups is 1. The molecule has 0 radical (unpaired) electrons. The van der Waals surface area contributed by atoms with E-state index in [1.807, 2.05) is 6.07 Å². The average molecular weight is 572 g/mol. The van der Waals surface area contributed by atoms with Crippen molar-refractivity contribution in [1.82, 2.24) is 15.0 Å². The molecule has 9 nitrogen and oxygen atoms in total. The van der Waals surface area contributed by atoms with Crippen molar-refractivity contribution in [2.75, 3.05) is 44.6 Å². The Morgan fingerprint density at radius 3 is 2.56 bits per heavy atom. The van der Waals surface area contributed by atoms with Crippen LogP contribution in [0.2, 0.25) is 10.0 Å². The fourth-order valence-electron chi connectivity index (χ4n) is 4.72. The van der Waals surface area contributed by atoms with E-state index in [9.17, 15) is 4.79 Å². The summed E-state index contributed by atoms with van der Waals surface area (Å²) in [4.78, 5) is 26.3. The summed E-state index contributed by atoms with van der Waals surface area (Å²) in [6, 6.07) is 3.49. The van der Waals surface area contributed by atoms with Gasteiger partial charge in [-0.3, -0.25) is 4.79 Å². The van der Waals surface area contributed by atoms with Crippen LogP contribution in [0.25, 0.3) is 22.3 Å². The second kappa shape index (κ2) is 11.9. The van der Waals surface area contributed by atoms with E-state index in [0.29, 0.717) is 75.6 Å². The maximum atomic E-state index is 12.0. The minimum Gasteiger partial charge on any atom is -0.495 e. The molecule has 206 valence electrons. The van der Waals surface area contributed by atoms with Crippen LogP contribution in [0.3, 0.4) is 0 Å². The monoisotopic (exact) mass is 571 g/mol. The molecule has 5 rings (SSSR count). The highest BCUT2D eigenvalue weighted by Crippen LogP contribution is 2.45. The van der Waals surface area contributed by atoms with Crippen LogP contribution in [0.15, 0.2) is 31.0 Å². The number of ketones is 1. The molecular formula is C28H31Cl2N5O4. The maximum Gasteiger partial charge on any atom is 0.165 e. The molecule has 1 aliphatic carbocycles. The third-order valence-corrected chi connectivity index (χ3v) is 7.91. The van der Waals surface area contributed by atoms with Crippen LogP contribution >= 0.6 is 23.2 Å². The van der Waals surface area contributed by atoms with Gasteiger partial charge in [0.25, 0.3) is 0 Å². The normalized spacial score (nSPS) is 19.0. The Kier molecular flexibility index (Phi) is 8.40. The average Bonchev–Trinajstić information content (AvgIpc) is 3.78. The molecule has 1 aromatic carbocycles. The van der Waals surface area contributed by atoms with E-state index >= 15 is 0 Å². The fraction of sp³-hybridized carbons (Fsp3) is 0.429. The number of halogens is 2. The van der Waals surface area contributed by atoms with Crippen LogP contribution in [0.5, 0.6) is 11.5 Å². The molecule has 2 atom stereocenters. The number of carbonyl (C=O) groups excluding carboxylic acids is 1. The third-order valence-electron chi connectivity index (χ3n) is 7.16. The zero-order chi connectivity index (χ0) is 27.5. The number of nitrogens with one attached hydrogen (secondary N) is 2. The number of ether oxygens (including phenoxy) is 3. The number of aromatic nitrogens is 3. The number of benzene rings is 1. The van der Waals surface area contributed by atoms with Crippen molar-refractivity contribution in [2.45, 2.75) is 31.7 Å². The number of nitrogens with zero attached hydrogens (tertiary/aromatic N) is 3. The van der Waals surface area contributed by atoms with Crippen molar-refractivity contribution >= 4 is 51.5 Å². The standard InChI is InChI=1S/C28H31Cl2N5O4/c1-4-17(36)9-16-7-8-39-14-20(16)33-23-10-18-19(13-31-23)34-28(35-27(18)32-12-15-5-6-15)24-25(29)21(37-2)11-22(38-3)26(24)30/h4,10-11,13,15-16,20H,1,5-9,12,14H2,2-3H3,(H,31,33)(H,32,34,35)/t16-,20-/m1/s1. The molecule has 3 aromatic rings. The first-order valence-electron chi connectivity index (χ1n) is 12.9. The van der Waals surface area contributed by atoms with E-state index < -0.39 is 0 Å². The van der Waals surface area contributed by atoms with Crippen molar-refractivity contribution in [3.8, 4) is 22.9 Å². The molecule has 0 bridgehead atoms. The van der Waals surface area contributed by atoms with Gasteiger partial charge in [0.1, 0.15) is 23.1 Å². The van der Waals surface area contributed by atoms with E-state index in [1.165, 1.54) is 33.1 Å². The SMILES string of the molecule is C=CC(=O)C[C@H]1CCOC[C@H]1Nc1cc2c(NCC3CC3)nc(-c3c(Cl)c(OC)cc(OC)c3Cl)nc2cn1. The Balaban J connectivity index is 1.54. The summed E-state index contributed by atoms with van der Waals surface area (Å²) < 4.78 is 16.6. The lowest BCUT2D eigenvalue weighted by Crippen LogP contribution is -2.39. The summed E-state index contributed by atoms with van der Waals surface area (Å²) in [5.41, 5.74) is 1.04. The second-order valence-corrected chi connectivity index (χ2v) is 10.6. The molecule has 39 heavy (non-hydrogen) atoms. The quantitative estimate of drug-likeness (QED) is 0.276. The van der Waals surface area contributed by atoms with Gasteiger partial charge in [-0.25, -0.2) is 15.0 Å². The third kappa shape index (κ3) is 6.05. The molecule has 2 aromatic heterocycles. The highest BCUT2D eigenvalue weighted by Gasteiger charge is 2.28. The van der Waals surface area contributed by atoms with Gasteiger partial charge in [-0.2, -0.15) is 0 Å². The minimum atomic E-state index is -0.0578. The maximum absolute atomic E-state index is 12.0. The first-order valence-corrected chi connectivity index (χ1v) is 13.7. The van der Waals surface area contributed by atoms with Crippen molar-refractivity contribution < 1.29 is 19.0 Å². The zero-order valence-electron chi connectivity index (χ0n) is 21.9. The van der Waals surface area contributed by atoms with Crippen LogP contribution in [0.1, 0.15) is 25.7 Å². The van der Waals surface area contributed by atoms with Crippen LogP contribution in [0, 0.1) is 11.8 Å². The lowest BCUT2D eigenvalue weighted by atomic mass is 9.89. The van der Waals surface area contributed by atoms with Crippen LogP contribution in [-0.4, -0.2) is 60.8 Å². The number of pyridine rings is 1. The van der Waals surface area contributed by atoms with E-state index in [4.69, 9.17) is 47.4 Å². The fourth-order valence-corrected chi connectivity index (χ4v) is 5.39. The molecule has 1 aliphatic heterocycles. The molecular weight excluding hydrogens is 541 g/mol. The van der Waals surface area contributed by atoms with Gasteiger partial charge in [0.15, 0.2) is 11.6 Å². The molecule has 0 spiro atoms. The summed E-state index contributed by atoms with van der Waals surface area (Å²) in [7, 11) is 3.05. The van der Waals surface area contributed by atoms with Gasteiger partial charge >= 0.3 is 0 Å². The number of hydrogen-bond donors (Lipinski definition) is 2. The van der Waals surface area contributed by atoms with Gasteiger partial charge in [-0.15, -0.1) is 0 Å². The lowest BCUT2D eigenvalue weighted by molar-refractivity contribution is -0.116. The molecule has 2 N–H and O–H groups in total. The number of hydrogen-bond acceptors (Lipinski definition) is 9. The first-order chi connectivity index (χ1) is 18.9. The van der Waals surface area contributed by atoms with Gasteiger partial charge < -0.3 is 24.8 Å². The number of rotatable bonds is 11. The van der Waals surface area contributed by atoms with Gasteiger partial charge in [-0.05, 0) is 43.2 Å². The van der Waals surface area contributed by atoms with Crippen LogP contribution in [-0.2, 0) is 9.53 Å². The molecule has 1 saturated carbocycles. The molecule has 3 heterocycles. The Morgan fingerprint density at radius 2 is 1.90 bits per heavy atom. The second-order valence-electron chi connectivity index (χ2n) is 9.84.